The Morgan fingerprint density at radius 1 is 1.19 bits per heavy atom. The molecule has 3 aromatic rings. The molecule has 0 atom stereocenters. The van der Waals surface area contributed by atoms with Crippen LogP contribution < -0.4 is 10.4 Å². The van der Waals surface area contributed by atoms with Crippen LogP contribution in [0.2, 0.25) is 0 Å². The Kier molecular flexibility index (Phi) is 3.17. The van der Waals surface area contributed by atoms with Crippen molar-refractivity contribution in [3.8, 4) is 5.75 Å². The zero-order chi connectivity index (χ0) is 15.0. The van der Waals surface area contributed by atoms with Crippen molar-refractivity contribution in [3.05, 3.63) is 45.5 Å². The van der Waals surface area contributed by atoms with E-state index >= 15 is 0 Å². The topological polar surface area (TPSA) is 96.5 Å². The van der Waals surface area contributed by atoms with Crippen LogP contribution in [0.15, 0.2) is 17.2 Å². The average molecular weight is 285 g/mol. The van der Waals surface area contributed by atoms with Crippen LogP contribution in [-0.4, -0.2) is 32.0 Å². The first kappa shape index (κ1) is 13.3. The van der Waals surface area contributed by atoms with E-state index in [1.165, 1.54) is 0 Å². The Balaban J connectivity index is 2.00. The Labute approximate surface area is 120 Å². The molecule has 0 unspecified atom stereocenters. The molecule has 3 heterocycles. The summed E-state index contributed by atoms with van der Waals surface area (Å²) in [5.74, 6) is 1.43. The third-order valence-corrected chi connectivity index (χ3v) is 3.39. The summed E-state index contributed by atoms with van der Waals surface area (Å²) in [7, 11) is 1.65. The predicted octanol–water partition coefficient (Wildman–Crippen LogP) is 1.26. The van der Waals surface area contributed by atoms with Gasteiger partial charge in [0.2, 0.25) is 0 Å². The largest absolute Gasteiger partial charge is 0.496 e. The van der Waals surface area contributed by atoms with Gasteiger partial charge in [-0.25, -0.2) is 14.8 Å². The van der Waals surface area contributed by atoms with Crippen molar-refractivity contribution in [1.29, 1.82) is 0 Å². The first-order chi connectivity index (χ1) is 10.1. The summed E-state index contributed by atoms with van der Waals surface area (Å²) in [6.45, 7) is 3.92. The highest BCUT2D eigenvalue weighted by Gasteiger charge is 2.12. The predicted molar refractivity (Wildman–Crippen MR) is 77.6 cm³/mol. The number of aromatic nitrogens is 5. The number of hydrogen-bond acceptors (Lipinski definition) is 5. The smallest absolute Gasteiger partial charge is 0.325 e. The highest BCUT2D eigenvalue weighted by molar-refractivity contribution is 5.68. The van der Waals surface area contributed by atoms with Crippen LogP contribution in [-0.2, 0) is 6.42 Å². The van der Waals surface area contributed by atoms with Crippen LogP contribution in [0.4, 0.5) is 0 Å². The van der Waals surface area contributed by atoms with Gasteiger partial charge < -0.3 is 9.72 Å². The number of imidazole rings is 1. The average Bonchev–Trinajstić information content (AvgIpc) is 2.82. The number of aryl methyl sites for hydroxylation is 1. The van der Waals surface area contributed by atoms with Gasteiger partial charge in [-0.05, 0) is 13.8 Å². The summed E-state index contributed by atoms with van der Waals surface area (Å²) in [4.78, 5) is 29.5. The van der Waals surface area contributed by atoms with Crippen molar-refractivity contribution in [3.63, 3.8) is 0 Å². The lowest BCUT2D eigenvalue weighted by atomic mass is 10.1. The van der Waals surface area contributed by atoms with Crippen molar-refractivity contribution in [1.82, 2.24) is 24.9 Å². The molecule has 3 aromatic heterocycles. The van der Waals surface area contributed by atoms with Crippen LogP contribution in [0.3, 0.4) is 0 Å². The lowest BCUT2D eigenvalue weighted by Gasteiger charge is -2.11. The zero-order valence-electron chi connectivity index (χ0n) is 12.0. The summed E-state index contributed by atoms with van der Waals surface area (Å²) in [6, 6.07) is 0. The van der Waals surface area contributed by atoms with Gasteiger partial charge in [-0.15, -0.1) is 0 Å². The van der Waals surface area contributed by atoms with Crippen molar-refractivity contribution in [2.45, 2.75) is 20.3 Å². The first-order valence-corrected chi connectivity index (χ1v) is 6.51. The summed E-state index contributed by atoms with van der Waals surface area (Å²) in [6.07, 6.45) is 3.85. The Morgan fingerprint density at radius 2 is 2.00 bits per heavy atom. The van der Waals surface area contributed by atoms with E-state index in [2.05, 4.69) is 24.9 Å². The molecule has 0 aromatic carbocycles. The van der Waals surface area contributed by atoms with Crippen LogP contribution in [0.25, 0.3) is 11.2 Å². The lowest BCUT2D eigenvalue weighted by molar-refractivity contribution is 0.407. The van der Waals surface area contributed by atoms with Crippen LogP contribution in [0, 0.1) is 13.8 Å². The maximum absolute atomic E-state index is 11.2. The van der Waals surface area contributed by atoms with Gasteiger partial charge in [0.25, 0.3) is 0 Å². The quantitative estimate of drug-likeness (QED) is 0.755. The van der Waals surface area contributed by atoms with E-state index in [0.29, 0.717) is 23.4 Å². The molecule has 3 rings (SSSR count). The summed E-state index contributed by atoms with van der Waals surface area (Å²) >= 11 is 0. The number of hydrogen-bond donors (Lipinski definition) is 2. The number of ether oxygens (including phenoxy) is 1. The summed E-state index contributed by atoms with van der Waals surface area (Å²) < 4.78 is 5.39. The minimum absolute atomic E-state index is 0.289. The number of nitrogens with one attached hydrogen (secondary N) is 2. The maximum atomic E-state index is 11.2. The molecule has 7 nitrogen and oxygen atoms in total. The summed E-state index contributed by atoms with van der Waals surface area (Å²) in [5.41, 5.74) is 3.63. The molecular weight excluding hydrogens is 270 g/mol. The number of fused-ring (bicyclic) bond motifs is 1. The van der Waals surface area contributed by atoms with Crippen LogP contribution in [0.5, 0.6) is 5.75 Å². The lowest BCUT2D eigenvalue weighted by Crippen LogP contribution is -2.03. The Morgan fingerprint density at radius 3 is 2.76 bits per heavy atom. The first-order valence-electron chi connectivity index (χ1n) is 6.51. The third-order valence-electron chi connectivity index (χ3n) is 3.39. The van der Waals surface area contributed by atoms with Crippen LogP contribution in [0.1, 0.15) is 22.6 Å². The van der Waals surface area contributed by atoms with Gasteiger partial charge in [0.05, 0.1) is 25.4 Å². The van der Waals surface area contributed by atoms with E-state index in [4.69, 9.17) is 4.74 Å². The fourth-order valence-corrected chi connectivity index (χ4v) is 2.35. The second-order valence-electron chi connectivity index (χ2n) is 4.85. The Hall–Kier alpha value is -2.70. The van der Waals surface area contributed by atoms with Gasteiger partial charge in [-0.1, -0.05) is 0 Å². The molecule has 0 aliphatic carbocycles. The molecule has 0 aliphatic heterocycles. The molecule has 0 aliphatic rings. The SMILES string of the molecule is COc1c(C)cnc(Cc2ncc3[nH]c(=O)[nH]c3n2)c1C. The van der Waals surface area contributed by atoms with Gasteiger partial charge in [-0.3, -0.25) is 9.97 Å². The molecule has 7 heteroatoms. The highest BCUT2D eigenvalue weighted by Crippen LogP contribution is 2.24. The number of nitrogens with zero attached hydrogens (tertiary/aromatic N) is 3. The van der Waals surface area contributed by atoms with Gasteiger partial charge in [0.15, 0.2) is 5.65 Å². The standard InChI is InChI=1S/C14H15N5O2/c1-7-5-15-9(8(2)12(7)21-3)4-11-16-6-10-13(18-11)19-14(20)17-10/h5-6H,4H2,1-3H3,(H2,16,17,18,19,20). The maximum Gasteiger partial charge on any atom is 0.325 e. The number of aromatic amines is 2. The van der Waals surface area contributed by atoms with Gasteiger partial charge >= 0.3 is 5.69 Å². The van der Waals surface area contributed by atoms with Crippen LogP contribution >= 0.6 is 0 Å². The summed E-state index contributed by atoms with van der Waals surface area (Å²) in [5, 5.41) is 0. The molecular formula is C14H15N5O2. The highest BCUT2D eigenvalue weighted by atomic mass is 16.5. The van der Waals surface area contributed by atoms with Gasteiger partial charge in [0, 0.05) is 17.3 Å². The third kappa shape index (κ3) is 2.37. The van der Waals surface area contributed by atoms with Crippen molar-refractivity contribution in [2.75, 3.05) is 7.11 Å². The number of methoxy groups -OCH3 is 1. The normalized spacial score (nSPS) is 11.0. The molecule has 0 amide bonds. The molecule has 21 heavy (non-hydrogen) atoms. The second-order valence-corrected chi connectivity index (χ2v) is 4.85. The minimum atomic E-state index is -0.289. The monoisotopic (exact) mass is 285 g/mol. The minimum Gasteiger partial charge on any atom is -0.496 e. The van der Waals surface area contributed by atoms with Crippen molar-refractivity contribution in [2.24, 2.45) is 0 Å². The second kappa shape index (κ2) is 5.01. The molecule has 108 valence electrons. The van der Waals surface area contributed by atoms with E-state index in [9.17, 15) is 4.79 Å². The molecule has 0 fully saturated rings. The Bertz CT molecular complexity index is 865. The van der Waals surface area contributed by atoms with Crippen molar-refractivity contribution < 1.29 is 4.74 Å². The molecule has 0 saturated heterocycles. The fraction of sp³-hybridized carbons (Fsp3) is 0.286. The molecule has 0 saturated carbocycles. The number of H-pyrrole nitrogens is 2. The van der Waals surface area contributed by atoms with Gasteiger partial charge in [-0.2, -0.15) is 0 Å². The van der Waals surface area contributed by atoms with Crippen molar-refractivity contribution >= 4 is 11.2 Å². The van der Waals surface area contributed by atoms with Gasteiger partial charge in [0.1, 0.15) is 17.1 Å². The number of pyridine rings is 1. The molecule has 2 N–H and O–H groups in total. The fourth-order valence-electron chi connectivity index (χ4n) is 2.35. The van der Waals surface area contributed by atoms with E-state index in [1.807, 2.05) is 13.8 Å². The van der Waals surface area contributed by atoms with E-state index in [-0.39, 0.29) is 5.69 Å². The van der Waals surface area contributed by atoms with E-state index < -0.39 is 0 Å². The van der Waals surface area contributed by atoms with E-state index in [0.717, 1.165) is 22.6 Å². The molecule has 0 spiro atoms. The molecule has 0 radical (unpaired) electrons. The zero-order valence-corrected chi connectivity index (χ0v) is 12.0. The molecule has 0 bridgehead atoms. The number of rotatable bonds is 3. The van der Waals surface area contributed by atoms with E-state index in [1.54, 1.807) is 19.5 Å².